The molecule has 1 amide bonds. The van der Waals surface area contributed by atoms with Crippen LogP contribution in [0.15, 0.2) is 79.3 Å². The topological polar surface area (TPSA) is 93.8 Å². The Morgan fingerprint density at radius 2 is 1.85 bits per heavy atom. The second kappa shape index (κ2) is 9.13. The number of halogens is 2. The maximum Gasteiger partial charge on any atom is 0.268 e. The van der Waals surface area contributed by atoms with Gasteiger partial charge < -0.3 is 20.4 Å². The predicted octanol–water partition coefficient (Wildman–Crippen LogP) is 5.48. The number of aliphatic hydroxyl groups excluding tert-OH is 1. The summed E-state index contributed by atoms with van der Waals surface area (Å²) in [5.41, 5.74) is 5.34. The number of hydrogen-bond donors (Lipinski definition) is 4. The Morgan fingerprint density at radius 1 is 1.03 bits per heavy atom. The summed E-state index contributed by atoms with van der Waals surface area (Å²) in [7, 11) is 0. The normalized spacial score (nSPS) is 12.1. The first kappa shape index (κ1) is 21.9. The van der Waals surface area contributed by atoms with E-state index in [2.05, 4.69) is 26.3 Å². The fraction of sp³-hybridized carbons (Fsp3) is 0.0769. The van der Waals surface area contributed by atoms with Gasteiger partial charge in [-0.3, -0.25) is 4.79 Å². The number of nitrogens with zero attached hydrogens (tertiary/aromatic N) is 1. The molecule has 3 heterocycles. The summed E-state index contributed by atoms with van der Waals surface area (Å²) in [5.74, 6) is -0.972. The Kier molecular flexibility index (Phi) is 5.88. The molecule has 5 aromatic rings. The van der Waals surface area contributed by atoms with Crippen LogP contribution in [0.4, 0.5) is 4.39 Å². The van der Waals surface area contributed by atoms with Gasteiger partial charge in [0.05, 0.1) is 17.7 Å². The van der Waals surface area contributed by atoms with Crippen molar-refractivity contribution in [2.75, 3.05) is 6.61 Å². The number of carbonyl (C=O) groups excluding carboxylic acids is 1. The molecule has 0 unspecified atom stereocenters. The molecule has 0 saturated heterocycles. The number of pyridine rings is 1. The minimum atomic E-state index is -0.733. The van der Waals surface area contributed by atoms with Gasteiger partial charge in [-0.2, -0.15) is 0 Å². The van der Waals surface area contributed by atoms with Gasteiger partial charge in [-0.15, -0.1) is 0 Å². The van der Waals surface area contributed by atoms with E-state index in [1.54, 1.807) is 12.3 Å². The van der Waals surface area contributed by atoms with Crippen LogP contribution in [0.5, 0.6) is 0 Å². The van der Waals surface area contributed by atoms with Crippen LogP contribution in [0.1, 0.15) is 22.1 Å². The molecule has 0 aliphatic rings. The van der Waals surface area contributed by atoms with Crippen LogP contribution in [0.25, 0.3) is 33.3 Å². The third-order valence-corrected chi connectivity index (χ3v) is 6.00. The summed E-state index contributed by atoms with van der Waals surface area (Å²) in [6.07, 6.45) is 5.43. The van der Waals surface area contributed by atoms with Gasteiger partial charge in [-0.05, 0) is 35.4 Å². The standard InChI is InChI=1S/C26H20ClFN4O2/c27-21-9-16(6-7-22(21)28)24(14-33)32-26(34)23-10-18(12-29-23)20-13-31-25-19(20)8-17(11-30-25)15-4-2-1-3-5-15/h1-13,24,29,33H,14H2,(H,30,31)(H,32,34)/t24-/m1/s1. The number of aromatic amines is 2. The van der Waals surface area contributed by atoms with E-state index in [-0.39, 0.29) is 11.6 Å². The van der Waals surface area contributed by atoms with Crippen molar-refractivity contribution in [3.63, 3.8) is 0 Å². The lowest BCUT2D eigenvalue weighted by atomic mass is 10.0. The Balaban J connectivity index is 1.41. The summed E-state index contributed by atoms with van der Waals surface area (Å²) >= 11 is 5.84. The molecule has 0 bridgehead atoms. The van der Waals surface area contributed by atoms with E-state index in [4.69, 9.17) is 11.6 Å². The van der Waals surface area contributed by atoms with Gasteiger partial charge in [-0.25, -0.2) is 9.37 Å². The van der Waals surface area contributed by atoms with Crippen molar-refractivity contribution in [3.8, 4) is 22.3 Å². The van der Waals surface area contributed by atoms with Crippen molar-refractivity contribution in [1.29, 1.82) is 0 Å². The average Bonchev–Trinajstić information content (AvgIpc) is 3.51. The quantitative estimate of drug-likeness (QED) is 0.262. The number of hydrogen-bond acceptors (Lipinski definition) is 3. The van der Waals surface area contributed by atoms with Gasteiger partial charge in [0, 0.05) is 40.7 Å². The number of carbonyl (C=O) groups is 1. The van der Waals surface area contributed by atoms with Crippen LogP contribution in [0, 0.1) is 5.82 Å². The molecule has 1 atom stereocenters. The van der Waals surface area contributed by atoms with Gasteiger partial charge in [0.1, 0.15) is 17.2 Å². The van der Waals surface area contributed by atoms with E-state index >= 15 is 0 Å². The molecule has 2 aromatic carbocycles. The highest BCUT2D eigenvalue weighted by atomic mass is 35.5. The zero-order valence-electron chi connectivity index (χ0n) is 17.8. The molecule has 0 fully saturated rings. The lowest BCUT2D eigenvalue weighted by molar-refractivity contribution is 0.0911. The largest absolute Gasteiger partial charge is 0.394 e. The number of nitrogens with one attached hydrogen (secondary N) is 3. The van der Waals surface area contributed by atoms with Crippen molar-refractivity contribution in [1.82, 2.24) is 20.3 Å². The molecule has 0 aliphatic carbocycles. The van der Waals surface area contributed by atoms with E-state index in [1.807, 2.05) is 42.7 Å². The zero-order valence-corrected chi connectivity index (χ0v) is 18.6. The van der Waals surface area contributed by atoms with Crippen molar-refractivity contribution in [2.24, 2.45) is 0 Å². The van der Waals surface area contributed by atoms with Crippen LogP contribution >= 0.6 is 11.6 Å². The molecule has 4 N–H and O–H groups in total. The zero-order chi connectivity index (χ0) is 23.7. The first-order valence-electron chi connectivity index (χ1n) is 10.6. The summed E-state index contributed by atoms with van der Waals surface area (Å²) < 4.78 is 13.5. The number of H-pyrrole nitrogens is 2. The second-order valence-electron chi connectivity index (χ2n) is 7.87. The van der Waals surface area contributed by atoms with Crippen molar-refractivity contribution >= 4 is 28.5 Å². The highest BCUT2D eigenvalue weighted by Gasteiger charge is 2.19. The lowest BCUT2D eigenvalue weighted by Gasteiger charge is -2.16. The molecule has 170 valence electrons. The molecule has 6 nitrogen and oxygen atoms in total. The summed E-state index contributed by atoms with van der Waals surface area (Å²) in [6, 6.07) is 17.1. The Hall–Kier alpha value is -3.94. The average molecular weight is 475 g/mol. The number of benzene rings is 2. The van der Waals surface area contributed by atoms with E-state index in [0.717, 1.165) is 33.3 Å². The van der Waals surface area contributed by atoms with Gasteiger partial charge in [-0.1, -0.05) is 48.0 Å². The van der Waals surface area contributed by atoms with Crippen LogP contribution in [0.2, 0.25) is 5.02 Å². The van der Waals surface area contributed by atoms with Gasteiger partial charge in [0.15, 0.2) is 0 Å². The van der Waals surface area contributed by atoms with Crippen molar-refractivity contribution in [3.05, 3.63) is 101 Å². The SMILES string of the molecule is O=C(N[C@H](CO)c1ccc(F)c(Cl)c1)c1cc(-c2c[nH]c3ncc(-c4ccccc4)cc23)c[nH]1. The first-order valence-corrected chi connectivity index (χ1v) is 11.0. The maximum absolute atomic E-state index is 13.5. The second-order valence-corrected chi connectivity index (χ2v) is 8.28. The molecule has 34 heavy (non-hydrogen) atoms. The fourth-order valence-electron chi connectivity index (χ4n) is 3.91. The van der Waals surface area contributed by atoms with Gasteiger partial charge in [0.2, 0.25) is 0 Å². The van der Waals surface area contributed by atoms with Crippen molar-refractivity contribution < 1.29 is 14.3 Å². The number of amides is 1. The van der Waals surface area contributed by atoms with E-state index in [1.165, 1.54) is 18.2 Å². The van der Waals surface area contributed by atoms with Crippen LogP contribution in [0.3, 0.4) is 0 Å². The molecule has 3 aromatic heterocycles. The number of aliphatic hydroxyl groups is 1. The number of fused-ring (bicyclic) bond motifs is 1. The molecule has 8 heteroatoms. The predicted molar refractivity (Wildman–Crippen MR) is 130 cm³/mol. The molecule has 0 radical (unpaired) electrons. The smallest absolute Gasteiger partial charge is 0.268 e. The number of aromatic nitrogens is 3. The third kappa shape index (κ3) is 4.19. The molecular formula is C26H20ClFN4O2. The minimum absolute atomic E-state index is 0.0739. The minimum Gasteiger partial charge on any atom is -0.394 e. The van der Waals surface area contributed by atoms with Crippen LogP contribution < -0.4 is 5.32 Å². The van der Waals surface area contributed by atoms with Gasteiger partial charge in [0.25, 0.3) is 5.91 Å². The molecule has 0 saturated carbocycles. The Bertz CT molecular complexity index is 1480. The number of rotatable bonds is 6. The lowest BCUT2D eigenvalue weighted by Crippen LogP contribution is -2.31. The molecule has 5 rings (SSSR count). The Morgan fingerprint density at radius 3 is 2.62 bits per heavy atom. The summed E-state index contributed by atoms with van der Waals surface area (Å²) in [6.45, 7) is -0.363. The van der Waals surface area contributed by atoms with E-state index in [9.17, 15) is 14.3 Å². The molecule has 0 aliphatic heterocycles. The summed E-state index contributed by atoms with van der Waals surface area (Å²) in [4.78, 5) is 23.5. The third-order valence-electron chi connectivity index (χ3n) is 5.71. The van der Waals surface area contributed by atoms with Crippen LogP contribution in [-0.4, -0.2) is 32.6 Å². The molecule has 0 spiro atoms. The highest BCUT2D eigenvalue weighted by Crippen LogP contribution is 2.31. The molecular weight excluding hydrogens is 455 g/mol. The van der Waals surface area contributed by atoms with E-state index < -0.39 is 17.8 Å². The van der Waals surface area contributed by atoms with Crippen LogP contribution in [-0.2, 0) is 0 Å². The van der Waals surface area contributed by atoms with E-state index in [0.29, 0.717) is 11.3 Å². The maximum atomic E-state index is 13.5. The first-order chi connectivity index (χ1) is 16.5. The van der Waals surface area contributed by atoms with Crippen molar-refractivity contribution in [2.45, 2.75) is 6.04 Å². The monoisotopic (exact) mass is 474 g/mol. The fourth-order valence-corrected chi connectivity index (χ4v) is 4.10. The Labute approximate surface area is 199 Å². The highest BCUT2D eigenvalue weighted by molar-refractivity contribution is 6.30. The van der Waals surface area contributed by atoms with Gasteiger partial charge >= 0.3 is 0 Å². The summed E-state index contributed by atoms with van der Waals surface area (Å²) in [5, 5.41) is 13.4.